The molecule has 0 radical (unpaired) electrons. The zero-order chi connectivity index (χ0) is 42.4. The third-order valence-electron chi connectivity index (χ3n) is 9.15. The van der Waals surface area contributed by atoms with Gasteiger partial charge in [-0.1, -0.05) is 73.7 Å². The topological polar surface area (TPSA) is 166 Å². The number of benzene rings is 1. The van der Waals surface area contributed by atoms with Crippen molar-refractivity contribution in [3.05, 3.63) is 48.4 Å². The van der Waals surface area contributed by atoms with Crippen molar-refractivity contribution in [1.82, 2.24) is 31.1 Å². The molecule has 1 saturated carbocycles. The van der Waals surface area contributed by atoms with E-state index in [2.05, 4.69) is 57.9 Å². The molecule has 56 heavy (non-hydrogen) atoms. The van der Waals surface area contributed by atoms with Crippen LogP contribution < -0.4 is 21.3 Å². The number of alkyl halides is 1. The van der Waals surface area contributed by atoms with Crippen LogP contribution in [0.5, 0.6) is 0 Å². The Kier molecular flexibility index (Phi) is 18.9. The number of ketones is 1. The first-order chi connectivity index (χ1) is 26.1. The van der Waals surface area contributed by atoms with Crippen LogP contribution in [0.2, 0.25) is 0 Å². The van der Waals surface area contributed by atoms with Crippen LogP contribution in [-0.4, -0.2) is 101 Å². The molecular formula is C41H66FN6O7P. The van der Waals surface area contributed by atoms with Gasteiger partial charge in [0.15, 0.2) is 5.88 Å². The molecule has 13 nitrogen and oxygen atoms in total. The molecule has 5 unspecified atom stereocenters. The zero-order valence-electron chi connectivity index (χ0n) is 34.8. The van der Waals surface area contributed by atoms with Crippen molar-refractivity contribution in [2.45, 2.75) is 135 Å². The molecule has 1 heterocycles. The van der Waals surface area contributed by atoms with Gasteiger partial charge in [0.25, 0.3) is 5.91 Å². The maximum atomic E-state index is 14.7. The van der Waals surface area contributed by atoms with Gasteiger partial charge >= 0.3 is 0 Å². The minimum atomic E-state index is -1.40. The Morgan fingerprint density at radius 3 is 2.12 bits per heavy atom. The zero-order valence-corrected chi connectivity index (χ0v) is 36.0. The summed E-state index contributed by atoms with van der Waals surface area (Å²) in [7, 11) is 5.37. The van der Waals surface area contributed by atoms with Gasteiger partial charge in [-0.25, -0.2) is 4.39 Å². The van der Waals surface area contributed by atoms with E-state index in [0.717, 1.165) is 5.92 Å². The molecule has 0 bridgehead atoms. The highest BCUT2D eigenvalue weighted by Gasteiger charge is 2.43. The number of hydrogen-bond acceptors (Lipinski definition) is 8. The van der Waals surface area contributed by atoms with Crippen LogP contribution in [0.15, 0.2) is 42.8 Å². The van der Waals surface area contributed by atoms with Crippen molar-refractivity contribution >= 4 is 44.6 Å². The fourth-order valence-electron chi connectivity index (χ4n) is 6.52. The smallest absolute Gasteiger partial charge is 0.290 e. The molecule has 0 aromatic heterocycles. The average molecular weight is 805 g/mol. The van der Waals surface area contributed by atoms with Gasteiger partial charge in [0.2, 0.25) is 29.4 Å². The van der Waals surface area contributed by atoms with Crippen LogP contribution >= 0.6 is 9.24 Å². The van der Waals surface area contributed by atoms with Crippen molar-refractivity contribution in [2.75, 3.05) is 27.2 Å². The number of Topliss-reactive ketones (excluding diaryl/α,β-unsaturated/α-hetero) is 1. The molecule has 2 aliphatic rings. The third-order valence-corrected chi connectivity index (χ3v) is 9.73. The molecule has 314 valence electrons. The Morgan fingerprint density at radius 1 is 1.00 bits per heavy atom. The van der Waals surface area contributed by atoms with E-state index < -0.39 is 65.2 Å². The van der Waals surface area contributed by atoms with Crippen LogP contribution in [0.3, 0.4) is 0 Å². The molecule has 1 saturated heterocycles. The van der Waals surface area contributed by atoms with Crippen LogP contribution in [-0.2, 0) is 33.5 Å². The second-order valence-corrected chi connectivity index (χ2v) is 17.6. The number of amides is 5. The molecule has 3 rings (SSSR count). The normalized spacial score (nSPS) is 21.0. The van der Waals surface area contributed by atoms with E-state index in [9.17, 15) is 33.2 Å². The Bertz CT molecular complexity index is 1500. The molecule has 1 aliphatic heterocycles. The van der Waals surface area contributed by atoms with E-state index in [-0.39, 0.29) is 42.9 Å². The first-order valence-corrected chi connectivity index (χ1v) is 20.2. The van der Waals surface area contributed by atoms with Gasteiger partial charge in [0, 0.05) is 20.6 Å². The lowest BCUT2D eigenvalue weighted by molar-refractivity contribution is -0.144. The summed E-state index contributed by atoms with van der Waals surface area (Å²) in [5.74, 6) is -3.20. The number of carbonyl (C=O) groups is 6. The number of nitrogens with one attached hydrogen (secondary N) is 4. The van der Waals surface area contributed by atoms with E-state index >= 15 is 0 Å². The van der Waals surface area contributed by atoms with Gasteiger partial charge in [-0.3, -0.25) is 28.8 Å². The molecule has 1 aromatic carbocycles. The van der Waals surface area contributed by atoms with Crippen LogP contribution in [0.25, 0.3) is 0 Å². The van der Waals surface area contributed by atoms with Crippen molar-refractivity contribution in [3.8, 4) is 0 Å². The average Bonchev–Trinajstić information content (AvgIpc) is 3.61. The molecule has 5 amide bonds. The Labute approximate surface area is 335 Å². The highest BCUT2D eigenvalue weighted by Crippen LogP contribution is 2.41. The minimum Gasteiger partial charge on any atom is -0.474 e. The van der Waals surface area contributed by atoms with Gasteiger partial charge in [0.1, 0.15) is 29.1 Å². The lowest BCUT2D eigenvalue weighted by Gasteiger charge is -2.38. The summed E-state index contributed by atoms with van der Waals surface area (Å²) >= 11 is 0. The second-order valence-electron chi connectivity index (χ2n) is 16.6. The van der Waals surface area contributed by atoms with Crippen molar-refractivity contribution in [1.29, 1.82) is 0 Å². The van der Waals surface area contributed by atoms with Crippen molar-refractivity contribution in [2.24, 2.45) is 11.8 Å². The van der Waals surface area contributed by atoms with Gasteiger partial charge in [-0.2, -0.15) is 0 Å². The summed E-state index contributed by atoms with van der Waals surface area (Å²) in [4.78, 5) is 82.5. The van der Waals surface area contributed by atoms with Gasteiger partial charge < -0.3 is 35.8 Å². The maximum absolute atomic E-state index is 14.7. The van der Waals surface area contributed by atoms with Crippen molar-refractivity contribution in [3.63, 3.8) is 0 Å². The minimum absolute atomic E-state index is 0.147. The van der Waals surface area contributed by atoms with Gasteiger partial charge in [-0.05, 0) is 89.7 Å². The number of ether oxygens (including phenoxy) is 1. The largest absolute Gasteiger partial charge is 0.474 e. The lowest BCUT2D eigenvalue weighted by Crippen LogP contribution is -2.57. The van der Waals surface area contributed by atoms with Gasteiger partial charge in [-0.15, -0.1) is 0 Å². The predicted molar refractivity (Wildman–Crippen MR) is 219 cm³/mol. The quantitative estimate of drug-likeness (QED) is 0.108. The standard InChI is InChI=1S/C37H56FN6O7P.C4H10/c1-8-13-26(31(46)33(48)39-22-28(45)42-29(34(49)43(6)7)24-14-10-9-11-15-24)41-32(47)27-16-12-21-44(27)35(50)30(40-23(2)51-36(3,4)5)25-17-19-37(38,52)20-18-25;1-4(2)3/h9-11,14-15,25-27,29-30,40H,2,8,12-13,16-22,52H2,1,3-7H3,(H,39,48)(H,41,47)(H,42,45);4H,1-3H3. The molecule has 4 N–H and O–H groups in total. The molecule has 1 aromatic rings. The molecular weight excluding hydrogens is 738 g/mol. The predicted octanol–water partition coefficient (Wildman–Crippen LogP) is 4.53. The molecule has 2 fully saturated rings. The Morgan fingerprint density at radius 2 is 1.59 bits per heavy atom. The fraction of sp³-hybridized carbons (Fsp3) is 0.659. The summed E-state index contributed by atoms with van der Waals surface area (Å²) in [6.45, 7) is 17.5. The Hall–Kier alpha value is -4.06. The number of hydrogen-bond donors (Lipinski definition) is 4. The monoisotopic (exact) mass is 804 g/mol. The maximum Gasteiger partial charge on any atom is 0.290 e. The summed E-state index contributed by atoms with van der Waals surface area (Å²) in [5, 5.41) is 9.33. The van der Waals surface area contributed by atoms with Gasteiger partial charge in [0.05, 0.1) is 12.6 Å². The SMILES string of the molecule is C=C(NC(C(=O)N1CCCC1C(=O)NC(CCC)C(=O)C(=O)NCC(=O)NC(C(=O)N(C)C)c1ccccc1)C1CCC(F)(P)CC1)OC(C)(C)C.CC(C)C. The van der Waals surface area contributed by atoms with E-state index in [1.165, 1.54) is 9.80 Å². The number of likely N-dealkylation sites (tertiary alicyclic amines) is 1. The highest BCUT2D eigenvalue weighted by atomic mass is 31.0. The number of likely N-dealkylation sites (N-methyl/N-ethyl adjacent to an activating group) is 1. The first-order valence-electron chi connectivity index (χ1n) is 19.7. The second kappa shape index (κ2) is 22.0. The highest BCUT2D eigenvalue weighted by molar-refractivity contribution is 7.18. The lowest BCUT2D eigenvalue weighted by atomic mass is 9.82. The number of rotatable bonds is 16. The van der Waals surface area contributed by atoms with Crippen LogP contribution in [0, 0.1) is 11.8 Å². The third kappa shape index (κ3) is 15.8. The number of halogens is 1. The number of nitrogens with zero attached hydrogens (tertiary/aromatic N) is 2. The molecule has 0 spiro atoms. The van der Waals surface area contributed by atoms with E-state index in [4.69, 9.17) is 4.74 Å². The summed E-state index contributed by atoms with van der Waals surface area (Å²) in [6, 6.07) is 4.71. The van der Waals surface area contributed by atoms with Crippen LogP contribution in [0.1, 0.15) is 111 Å². The number of carbonyl (C=O) groups excluding carboxylic acids is 6. The van der Waals surface area contributed by atoms with E-state index in [1.807, 2.05) is 20.8 Å². The van der Waals surface area contributed by atoms with E-state index in [0.29, 0.717) is 44.2 Å². The summed E-state index contributed by atoms with van der Waals surface area (Å²) in [5.41, 5.74) is -0.0332. The Balaban J connectivity index is 0.00000258. The van der Waals surface area contributed by atoms with Crippen LogP contribution in [0.4, 0.5) is 4.39 Å². The van der Waals surface area contributed by atoms with Crippen molar-refractivity contribution < 1.29 is 37.9 Å². The molecule has 1 aliphatic carbocycles. The molecule has 15 heteroatoms. The summed E-state index contributed by atoms with van der Waals surface area (Å²) < 4.78 is 20.5. The fourth-order valence-corrected chi connectivity index (χ4v) is 6.86. The van der Waals surface area contributed by atoms with E-state index in [1.54, 1.807) is 51.4 Å². The first kappa shape index (κ1) is 48.1. The molecule has 5 atom stereocenters. The summed E-state index contributed by atoms with van der Waals surface area (Å²) in [6.07, 6.45) is 2.90.